The number of carbonyl (C=O) groups is 2. The van der Waals surface area contributed by atoms with E-state index in [0.29, 0.717) is 0 Å². The zero-order chi connectivity index (χ0) is 21.2. The fourth-order valence-corrected chi connectivity index (χ4v) is 3.36. The molecule has 4 amide bonds. The van der Waals surface area contributed by atoms with Gasteiger partial charge in [0.1, 0.15) is 36.6 Å². The maximum Gasteiger partial charge on any atom is 0.312 e. The molecule has 1 saturated carbocycles. The summed E-state index contributed by atoms with van der Waals surface area (Å²) in [5.41, 5.74) is 21.8. The standard InChI is InChI=1S/C14H28N6O8/c15-3-1-4(20-14(18)26)7(21)10(24)11(3)28-12-6(16)9(23)8(22)5(27-12)2-19-13(17)25/h3-12,21-24H,1-2,15-16H2,(H3,17,19,25)(H3,18,20,26)/t3-,4+,5-,6-,7-,8-,9-,10+,11+,12-/m1/s1. The average Bonchev–Trinajstić information content (AvgIpc) is 2.61. The average molecular weight is 408 g/mol. The van der Waals surface area contributed by atoms with Crippen molar-refractivity contribution in [1.82, 2.24) is 10.6 Å². The first-order valence-corrected chi connectivity index (χ1v) is 8.66. The van der Waals surface area contributed by atoms with E-state index in [1.807, 2.05) is 0 Å². The lowest BCUT2D eigenvalue weighted by atomic mass is 9.84. The number of primary amides is 2. The molecule has 1 aliphatic carbocycles. The third-order valence-corrected chi connectivity index (χ3v) is 4.89. The number of carbonyl (C=O) groups excluding carboxylic acids is 2. The number of nitrogens with two attached hydrogens (primary N) is 4. The van der Waals surface area contributed by atoms with Gasteiger partial charge in [-0.15, -0.1) is 0 Å². The molecule has 0 radical (unpaired) electrons. The summed E-state index contributed by atoms with van der Waals surface area (Å²) in [5.74, 6) is 0. The van der Waals surface area contributed by atoms with Crippen LogP contribution < -0.4 is 33.6 Å². The van der Waals surface area contributed by atoms with E-state index in [0.717, 1.165) is 0 Å². The molecule has 0 aromatic carbocycles. The number of aliphatic hydroxyl groups is 4. The van der Waals surface area contributed by atoms with Gasteiger partial charge in [-0.1, -0.05) is 0 Å². The van der Waals surface area contributed by atoms with E-state index >= 15 is 0 Å². The second-order valence-corrected chi connectivity index (χ2v) is 6.94. The number of urea groups is 2. The van der Waals surface area contributed by atoms with Gasteiger partial charge in [0.15, 0.2) is 6.29 Å². The van der Waals surface area contributed by atoms with Crippen molar-refractivity contribution in [2.45, 2.75) is 67.5 Å². The summed E-state index contributed by atoms with van der Waals surface area (Å²) in [5, 5.41) is 45.2. The minimum absolute atomic E-state index is 0.0334. The van der Waals surface area contributed by atoms with Crippen molar-refractivity contribution in [2.24, 2.45) is 22.9 Å². The topological polar surface area (TPSA) is 262 Å². The highest BCUT2D eigenvalue weighted by atomic mass is 16.7. The van der Waals surface area contributed by atoms with Crippen LogP contribution in [0, 0.1) is 0 Å². The lowest BCUT2D eigenvalue weighted by molar-refractivity contribution is -0.288. The van der Waals surface area contributed by atoms with Gasteiger partial charge in [-0.2, -0.15) is 0 Å². The Labute approximate surface area is 160 Å². The number of nitrogens with one attached hydrogen (secondary N) is 2. The highest BCUT2D eigenvalue weighted by Crippen LogP contribution is 2.27. The van der Waals surface area contributed by atoms with E-state index in [4.69, 9.17) is 32.4 Å². The molecule has 14 N–H and O–H groups in total. The first-order chi connectivity index (χ1) is 13.0. The van der Waals surface area contributed by atoms with Crippen LogP contribution >= 0.6 is 0 Å². The smallest absolute Gasteiger partial charge is 0.312 e. The maximum absolute atomic E-state index is 11.0. The SMILES string of the molecule is NC(=O)NC[C@H]1O[C@H](O[C@@H]2[C@@H](O)[C@H](O)[C@@H](NC(N)=O)C[C@H]2N)[C@H](N)[C@@H](O)[C@@H]1O. The molecule has 14 nitrogen and oxygen atoms in total. The van der Waals surface area contributed by atoms with Crippen LogP contribution in [-0.2, 0) is 9.47 Å². The minimum Gasteiger partial charge on any atom is -0.388 e. The van der Waals surface area contributed by atoms with Crippen molar-refractivity contribution < 1.29 is 39.5 Å². The summed E-state index contributed by atoms with van der Waals surface area (Å²) in [6.07, 6.45) is -9.40. The van der Waals surface area contributed by atoms with Crippen LogP contribution in [0.3, 0.4) is 0 Å². The predicted molar refractivity (Wildman–Crippen MR) is 92.2 cm³/mol. The predicted octanol–water partition coefficient (Wildman–Crippen LogP) is -5.70. The number of aliphatic hydroxyl groups excluding tert-OH is 4. The molecular formula is C14H28N6O8. The molecule has 10 atom stereocenters. The Morgan fingerprint density at radius 1 is 1.00 bits per heavy atom. The first kappa shape index (κ1) is 22.5. The van der Waals surface area contributed by atoms with Gasteiger partial charge in [-0.3, -0.25) is 0 Å². The van der Waals surface area contributed by atoms with Gasteiger partial charge in [-0.25, -0.2) is 9.59 Å². The molecule has 0 unspecified atom stereocenters. The number of amides is 4. The van der Waals surface area contributed by atoms with Gasteiger partial charge < -0.3 is 63.5 Å². The summed E-state index contributed by atoms with van der Waals surface area (Å²) in [4.78, 5) is 21.9. The van der Waals surface area contributed by atoms with E-state index in [9.17, 15) is 30.0 Å². The van der Waals surface area contributed by atoms with Gasteiger partial charge in [0.25, 0.3) is 0 Å². The van der Waals surface area contributed by atoms with E-state index in [-0.39, 0.29) is 13.0 Å². The molecule has 0 aromatic heterocycles. The fraction of sp³-hybridized carbons (Fsp3) is 0.857. The van der Waals surface area contributed by atoms with E-state index in [2.05, 4.69) is 10.6 Å². The summed E-state index contributed by atoms with van der Waals surface area (Å²) in [6, 6.07) is -4.70. The Bertz CT molecular complexity index is 570. The lowest BCUT2D eigenvalue weighted by Gasteiger charge is -2.46. The van der Waals surface area contributed by atoms with Crippen LogP contribution in [0.2, 0.25) is 0 Å². The molecule has 0 bridgehead atoms. The van der Waals surface area contributed by atoms with Gasteiger partial charge in [0.2, 0.25) is 0 Å². The van der Waals surface area contributed by atoms with Gasteiger partial charge in [-0.05, 0) is 6.42 Å². The fourth-order valence-electron chi connectivity index (χ4n) is 3.36. The van der Waals surface area contributed by atoms with Crippen LogP contribution in [0.4, 0.5) is 9.59 Å². The molecule has 2 fully saturated rings. The van der Waals surface area contributed by atoms with Crippen molar-refractivity contribution in [3.63, 3.8) is 0 Å². The Balaban J connectivity index is 2.07. The second-order valence-electron chi connectivity index (χ2n) is 6.94. The Morgan fingerprint density at radius 2 is 1.64 bits per heavy atom. The van der Waals surface area contributed by atoms with Gasteiger partial charge in [0, 0.05) is 12.6 Å². The van der Waals surface area contributed by atoms with E-state index in [1.54, 1.807) is 0 Å². The Morgan fingerprint density at radius 3 is 2.21 bits per heavy atom. The van der Waals surface area contributed by atoms with Crippen LogP contribution in [0.1, 0.15) is 6.42 Å². The van der Waals surface area contributed by atoms with Gasteiger partial charge in [0.05, 0.1) is 12.1 Å². The third kappa shape index (κ3) is 4.98. The molecule has 0 aromatic rings. The molecule has 1 aliphatic heterocycles. The Kier molecular flexibility index (Phi) is 7.35. The number of hydrogen-bond donors (Lipinski definition) is 10. The number of ether oxygens (including phenoxy) is 2. The minimum atomic E-state index is -1.53. The summed E-state index contributed by atoms with van der Waals surface area (Å²) >= 11 is 0. The molecule has 162 valence electrons. The van der Waals surface area contributed by atoms with Crippen molar-refractivity contribution in [3.8, 4) is 0 Å². The van der Waals surface area contributed by atoms with Crippen molar-refractivity contribution in [1.29, 1.82) is 0 Å². The first-order valence-electron chi connectivity index (χ1n) is 8.66. The molecule has 2 aliphatic rings. The molecule has 0 spiro atoms. The molecule has 1 heterocycles. The van der Waals surface area contributed by atoms with Gasteiger partial charge >= 0.3 is 12.1 Å². The van der Waals surface area contributed by atoms with Crippen LogP contribution in [0.25, 0.3) is 0 Å². The highest BCUT2D eigenvalue weighted by molar-refractivity contribution is 5.72. The normalized spacial score (nSPS) is 43.9. The zero-order valence-electron chi connectivity index (χ0n) is 14.9. The van der Waals surface area contributed by atoms with Crippen LogP contribution in [-0.4, -0.2) is 100 Å². The van der Waals surface area contributed by atoms with Crippen LogP contribution in [0.15, 0.2) is 0 Å². The summed E-state index contributed by atoms with van der Waals surface area (Å²) in [7, 11) is 0. The third-order valence-electron chi connectivity index (χ3n) is 4.89. The largest absolute Gasteiger partial charge is 0.388 e. The lowest BCUT2D eigenvalue weighted by Crippen LogP contribution is -2.68. The van der Waals surface area contributed by atoms with Crippen molar-refractivity contribution >= 4 is 12.1 Å². The Hall–Kier alpha value is -1.78. The van der Waals surface area contributed by atoms with Crippen LogP contribution in [0.5, 0.6) is 0 Å². The molecule has 2 rings (SSSR count). The molecule has 28 heavy (non-hydrogen) atoms. The molecule has 14 heteroatoms. The highest BCUT2D eigenvalue weighted by Gasteiger charge is 2.48. The van der Waals surface area contributed by atoms with E-state index in [1.165, 1.54) is 0 Å². The maximum atomic E-state index is 11.0. The zero-order valence-corrected chi connectivity index (χ0v) is 14.9. The summed E-state index contributed by atoms with van der Waals surface area (Å²) in [6.45, 7) is -0.230. The molecular weight excluding hydrogens is 380 g/mol. The monoisotopic (exact) mass is 408 g/mol. The summed E-state index contributed by atoms with van der Waals surface area (Å²) < 4.78 is 11.1. The quantitative estimate of drug-likeness (QED) is 0.206. The second kappa shape index (κ2) is 9.15. The number of hydrogen-bond acceptors (Lipinski definition) is 10. The van der Waals surface area contributed by atoms with Crippen molar-refractivity contribution in [3.05, 3.63) is 0 Å². The molecule has 1 saturated heterocycles. The number of rotatable bonds is 5. The van der Waals surface area contributed by atoms with Crippen molar-refractivity contribution in [2.75, 3.05) is 6.54 Å². The van der Waals surface area contributed by atoms with E-state index < -0.39 is 73.1 Å².